The number of carbonyl (C=O) groups excluding carboxylic acids is 1. The van der Waals surface area contributed by atoms with E-state index in [4.69, 9.17) is 4.74 Å². The summed E-state index contributed by atoms with van der Waals surface area (Å²) in [4.78, 5) is 14.9. The van der Waals surface area contributed by atoms with E-state index in [1.165, 1.54) is 6.07 Å². The number of likely N-dealkylation sites (tertiary alicyclic amines) is 1. The molecule has 2 bridgehead atoms. The number of nitrogens with zero attached hydrogens (tertiary/aromatic N) is 3. The first kappa shape index (κ1) is 15.7. The minimum Gasteiger partial charge on any atom is -0.431 e. The third-order valence-corrected chi connectivity index (χ3v) is 5.89. The lowest BCUT2D eigenvalue weighted by Gasteiger charge is -2.38. The van der Waals surface area contributed by atoms with Gasteiger partial charge in [0.15, 0.2) is 11.6 Å². The SMILES string of the molecule is O=C(N1CCC1)[C@]12CC[C@H](C1)c1cc(Oc3c(F)cccc3F)nnc12. The highest BCUT2D eigenvalue weighted by molar-refractivity contribution is 5.90. The van der Waals surface area contributed by atoms with Crippen LogP contribution in [0, 0.1) is 11.6 Å². The molecule has 3 aliphatic rings. The molecule has 2 heterocycles. The van der Waals surface area contributed by atoms with Crippen molar-refractivity contribution in [1.29, 1.82) is 0 Å². The number of para-hydroxylation sites is 1. The van der Waals surface area contributed by atoms with Crippen LogP contribution < -0.4 is 4.74 Å². The largest absolute Gasteiger partial charge is 0.431 e. The maximum absolute atomic E-state index is 13.8. The van der Waals surface area contributed by atoms with Crippen molar-refractivity contribution in [2.45, 2.75) is 37.0 Å². The van der Waals surface area contributed by atoms with Crippen LogP contribution in [-0.4, -0.2) is 34.1 Å². The van der Waals surface area contributed by atoms with Gasteiger partial charge in [0.2, 0.25) is 17.5 Å². The minimum absolute atomic E-state index is 0.0480. The van der Waals surface area contributed by atoms with Gasteiger partial charge in [-0.15, -0.1) is 5.10 Å². The molecule has 2 fully saturated rings. The molecule has 0 spiro atoms. The van der Waals surface area contributed by atoms with E-state index in [9.17, 15) is 13.6 Å². The molecule has 7 heteroatoms. The number of aromatic nitrogens is 2. The molecule has 134 valence electrons. The van der Waals surface area contributed by atoms with Crippen molar-refractivity contribution in [2.75, 3.05) is 13.1 Å². The number of benzene rings is 1. The number of fused-ring (bicyclic) bond motifs is 5. The van der Waals surface area contributed by atoms with Gasteiger partial charge in [0.1, 0.15) is 0 Å². The van der Waals surface area contributed by atoms with Gasteiger partial charge in [0, 0.05) is 19.2 Å². The third-order valence-electron chi connectivity index (χ3n) is 5.89. The Morgan fingerprint density at radius 2 is 2.00 bits per heavy atom. The van der Waals surface area contributed by atoms with E-state index >= 15 is 0 Å². The van der Waals surface area contributed by atoms with E-state index in [0.717, 1.165) is 56.5 Å². The van der Waals surface area contributed by atoms with E-state index < -0.39 is 22.8 Å². The lowest BCUT2D eigenvalue weighted by atomic mass is 9.81. The summed E-state index contributed by atoms with van der Waals surface area (Å²) >= 11 is 0. The molecule has 1 aliphatic heterocycles. The van der Waals surface area contributed by atoms with Gasteiger partial charge in [0.25, 0.3) is 0 Å². The lowest BCUT2D eigenvalue weighted by Crippen LogP contribution is -2.51. The first-order valence-corrected chi connectivity index (χ1v) is 8.88. The van der Waals surface area contributed by atoms with Crippen molar-refractivity contribution in [3.63, 3.8) is 0 Å². The van der Waals surface area contributed by atoms with Crippen molar-refractivity contribution in [3.8, 4) is 11.6 Å². The Morgan fingerprint density at radius 3 is 2.69 bits per heavy atom. The highest BCUT2D eigenvalue weighted by Crippen LogP contribution is 2.57. The molecule has 26 heavy (non-hydrogen) atoms. The monoisotopic (exact) mass is 357 g/mol. The molecule has 0 N–H and O–H groups in total. The van der Waals surface area contributed by atoms with Crippen LogP contribution in [-0.2, 0) is 10.2 Å². The molecule has 0 radical (unpaired) electrons. The second kappa shape index (κ2) is 5.46. The molecule has 1 saturated heterocycles. The van der Waals surface area contributed by atoms with E-state index in [1.807, 2.05) is 4.90 Å². The summed E-state index contributed by atoms with van der Waals surface area (Å²) < 4.78 is 32.9. The fourth-order valence-corrected chi connectivity index (χ4v) is 4.45. The van der Waals surface area contributed by atoms with Crippen LogP contribution in [0.15, 0.2) is 24.3 Å². The summed E-state index contributed by atoms with van der Waals surface area (Å²) in [5.74, 6) is -1.66. The predicted molar refractivity (Wildman–Crippen MR) is 87.9 cm³/mol. The number of amides is 1. The Labute approximate surface area is 149 Å². The number of carbonyl (C=O) groups is 1. The predicted octanol–water partition coefficient (Wildman–Crippen LogP) is 3.30. The zero-order chi connectivity index (χ0) is 17.9. The van der Waals surface area contributed by atoms with Crippen molar-refractivity contribution >= 4 is 5.91 Å². The summed E-state index contributed by atoms with van der Waals surface area (Å²) in [5, 5.41) is 8.26. The van der Waals surface area contributed by atoms with Gasteiger partial charge in [0.05, 0.1) is 11.1 Å². The van der Waals surface area contributed by atoms with Crippen LogP contribution in [0.25, 0.3) is 0 Å². The molecule has 0 unspecified atom stereocenters. The summed E-state index contributed by atoms with van der Waals surface area (Å²) in [6, 6.07) is 5.21. The Hall–Kier alpha value is -2.57. The Morgan fingerprint density at radius 1 is 1.23 bits per heavy atom. The normalized spacial score (nSPS) is 25.8. The molecule has 2 atom stereocenters. The molecule has 2 aromatic rings. The molecular formula is C19H17F2N3O2. The zero-order valence-electron chi connectivity index (χ0n) is 14.0. The summed E-state index contributed by atoms with van der Waals surface area (Å²) in [7, 11) is 0. The van der Waals surface area contributed by atoms with E-state index in [-0.39, 0.29) is 17.7 Å². The zero-order valence-corrected chi connectivity index (χ0v) is 14.0. The topological polar surface area (TPSA) is 55.3 Å². The van der Waals surface area contributed by atoms with Crippen molar-refractivity contribution in [1.82, 2.24) is 15.1 Å². The van der Waals surface area contributed by atoms with Gasteiger partial charge in [-0.25, -0.2) is 8.78 Å². The fraction of sp³-hybridized carbons (Fsp3) is 0.421. The van der Waals surface area contributed by atoms with Gasteiger partial charge in [-0.3, -0.25) is 4.79 Å². The molecule has 5 rings (SSSR count). The summed E-state index contributed by atoms with van der Waals surface area (Å²) in [6.07, 6.45) is 3.48. The van der Waals surface area contributed by atoms with E-state index in [1.54, 1.807) is 6.07 Å². The number of rotatable bonds is 3. The fourth-order valence-electron chi connectivity index (χ4n) is 4.45. The average molecular weight is 357 g/mol. The highest BCUT2D eigenvalue weighted by atomic mass is 19.1. The van der Waals surface area contributed by atoms with Gasteiger partial charge in [-0.1, -0.05) is 6.07 Å². The van der Waals surface area contributed by atoms with Crippen molar-refractivity contribution in [3.05, 3.63) is 47.2 Å². The quantitative estimate of drug-likeness (QED) is 0.846. The first-order valence-electron chi connectivity index (χ1n) is 8.88. The van der Waals surface area contributed by atoms with Crippen LogP contribution in [0.4, 0.5) is 8.78 Å². The maximum atomic E-state index is 13.8. The smallest absolute Gasteiger partial charge is 0.239 e. The third kappa shape index (κ3) is 2.09. The van der Waals surface area contributed by atoms with E-state index in [2.05, 4.69) is 10.2 Å². The summed E-state index contributed by atoms with van der Waals surface area (Å²) in [5.41, 5.74) is 1.06. The van der Waals surface area contributed by atoms with Crippen LogP contribution in [0.1, 0.15) is 42.9 Å². The lowest BCUT2D eigenvalue weighted by molar-refractivity contribution is -0.140. The summed E-state index contributed by atoms with van der Waals surface area (Å²) in [6.45, 7) is 1.61. The molecule has 5 nitrogen and oxygen atoms in total. The average Bonchev–Trinajstić information content (AvgIpc) is 3.15. The van der Waals surface area contributed by atoms with Crippen molar-refractivity contribution < 1.29 is 18.3 Å². The van der Waals surface area contributed by atoms with Gasteiger partial charge < -0.3 is 9.64 Å². The van der Waals surface area contributed by atoms with Crippen molar-refractivity contribution in [2.24, 2.45) is 0 Å². The Balaban J connectivity index is 1.49. The standard InChI is InChI=1S/C19H17F2N3O2/c20-13-3-1-4-14(21)16(13)26-15-9-12-11-5-6-19(10-11,17(12)23-22-15)18(25)24-7-2-8-24/h1,3-4,9,11H,2,5-8,10H2/t11-,19-/m1/s1. The number of hydrogen-bond acceptors (Lipinski definition) is 4. The molecule has 1 aromatic heterocycles. The molecular weight excluding hydrogens is 340 g/mol. The van der Waals surface area contributed by atoms with Crippen LogP contribution in [0.2, 0.25) is 0 Å². The van der Waals surface area contributed by atoms with Crippen LogP contribution in [0.5, 0.6) is 11.6 Å². The Kier molecular flexibility index (Phi) is 3.29. The second-order valence-electron chi connectivity index (χ2n) is 7.31. The molecule has 1 amide bonds. The number of ether oxygens (including phenoxy) is 1. The van der Waals surface area contributed by atoms with Crippen LogP contribution >= 0.6 is 0 Å². The number of hydrogen-bond donors (Lipinski definition) is 0. The maximum Gasteiger partial charge on any atom is 0.239 e. The molecule has 1 aromatic carbocycles. The van der Waals surface area contributed by atoms with Gasteiger partial charge in [-0.2, -0.15) is 5.10 Å². The highest BCUT2D eigenvalue weighted by Gasteiger charge is 2.57. The van der Waals surface area contributed by atoms with Crippen LogP contribution in [0.3, 0.4) is 0 Å². The van der Waals surface area contributed by atoms with E-state index in [0.29, 0.717) is 5.69 Å². The Bertz CT molecular complexity index is 895. The molecule has 2 aliphatic carbocycles. The first-order chi connectivity index (χ1) is 12.6. The number of halogens is 2. The second-order valence-corrected chi connectivity index (χ2v) is 7.31. The minimum atomic E-state index is -0.793. The molecule has 1 saturated carbocycles. The van der Waals surface area contributed by atoms with Gasteiger partial charge in [-0.05, 0) is 49.3 Å². The van der Waals surface area contributed by atoms with Gasteiger partial charge >= 0.3 is 0 Å².